The van der Waals surface area contributed by atoms with Gasteiger partial charge in [-0.1, -0.05) is 0 Å². The summed E-state index contributed by atoms with van der Waals surface area (Å²) in [5.74, 6) is 1.66. The van der Waals surface area contributed by atoms with Gasteiger partial charge in [-0.05, 0) is 42.9 Å². The first-order valence-corrected chi connectivity index (χ1v) is 5.69. The third-order valence-electron chi connectivity index (χ3n) is 2.60. The molecule has 0 fully saturated rings. The van der Waals surface area contributed by atoms with Crippen LogP contribution in [0.4, 0.5) is 0 Å². The minimum atomic E-state index is 0.346. The van der Waals surface area contributed by atoms with E-state index in [4.69, 9.17) is 21.4 Å². The van der Waals surface area contributed by atoms with Gasteiger partial charge in [0.2, 0.25) is 10.7 Å². The lowest BCUT2D eigenvalue weighted by Gasteiger charge is -2.04. The number of aromatic nitrogens is 4. The van der Waals surface area contributed by atoms with Gasteiger partial charge in [-0.25, -0.2) is 5.10 Å². The van der Waals surface area contributed by atoms with E-state index in [0.717, 1.165) is 16.9 Å². The number of aryl methyl sites for hydroxylation is 1. The zero-order chi connectivity index (χ0) is 12.7. The van der Waals surface area contributed by atoms with Crippen LogP contribution in [0.25, 0.3) is 17.3 Å². The molecule has 0 saturated carbocycles. The predicted molar refractivity (Wildman–Crippen MR) is 67.2 cm³/mol. The van der Waals surface area contributed by atoms with Crippen molar-refractivity contribution in [3.63, 3.8) is 0 Å². The van der Waals surface area contributed by atoms with Crippen LogP contribution in [0.1, 0.15) is 5.56 Å². The van der Waals surface area contributed by atoms with E-state index in [1.807, 2.05) is 25.1 Å². The molecule has 0 unspecified atom stereocenters. The Kier molecular flexibility index (Phi) is 2.41. The first kappa shape index (κ1) is 11.0. The molecule has 0 saturated heterocycles. The van der Waals surface area contributed by atoms with Crippen LogP contribution >= 0.6 is 12.2 Å². The number of hydrogen-bond acceptors (Lipinski definition) is 5. The molecule has 0 radical (unpaired) electrons. The normalized spacial score (nSPS) is 11.0. The van der Waals surface area contributed by atoms with Crippen molar-refractivity contribution >= 4 is 18.1 Å². The minimum Gasteiger partial charge on any atom is -0.496 e. The quantitative estimate of drug-likeness (QED) is 0.718. The van der Waals surface area contributed by atoms with E-state index >= 15 is 0 Å². The first-order chi connectivity index (χ1) is 8.67. The number of nitrogens with one attached hydrogen (secondary N) is 1. The van der Waals surface area contributed by atoms with Crippen molar-refractivity contribution < 1.29 is 9.15 Å². The van der Waals surface area contributed by atoms with E-state index in [2.05, 4.69) is 15.2 Å². The minimum absolute atomic E-state index is 0.346. The largest absolute Gasteiger partial charge is 0.496 e. The number of benzene rings is 1. The molecule has 18 heavy (non-hydrogen) atoms. The fourth-order valence-corrected chi connectivity index (χ4v) is 1.92. The molecule has 92 valence electrons. The Morgan fingerprint density at radius 3 is 2.94 bits per heavy atom. The topological polar surface area (TPSA) is 68.3 Å². The molecule has 1 aromatic carbocycles. The summed E-state index contributed by atoms with van der Waals surface area (Å²) in [4.78, 5) is 3.98. The summed E-state index contributed by atoms with van der Waals surface area (Å²) in [5, 5.41) is 7.00. The van der Waals surface area contributed by atoms with E-state index in [9.17, 15) is 0 Å². The second-order valence-electron chi connectivity index (χ2n) is 3.81. The van der Waals surface area contributed by atoms with Crippen LogP contribution in [0.15, 0.2) is 22.6 Å². The molecule has 2 aromatic heterocycles. The van der Waals surface area contributed by atoms with Crippen LogP contribution < -0.4 is 4.74 Å². The Morgan fingerprint density at radius 1 is 1.44 bits per heavy atom. The average Bonchev–Trinajstić information content (AvgIpc) is 2.85. The van der Waals surface area contributed by atoms with Gasteiger partial charge in [-0.2, -0.15) is 4.98 Å². The highest BCUT2D eigenvalue weighted by Crippen LogP contribution is 2.25. The number of rotatable bonds is 2. The Labute approximate surface area is 107 Å². The van der Waals surface area contributed by atoms with Crippen molar-refractivity contribution in [3.05, 3.63) is 28.5 Å². The number of fused-ring (bicyclic) bond motifs is 1. The van der Waals surface area contributed by atoms with Gasteiger partial charge in [0, 0.05) is 5.56 Å². The van der Waals surface area contributed by atoms with Gasteiger partial charge in [0.05, 0.1) is 7.11 Å². The molecule has 0 bridgehead atoms. The zero-order valence-electron chi connectivity index (χ0n) is 9.80. The smallest absolute Gasteiger partial charge is 0.343 e. The number of methoxy groups -OCH3 is 1. The summed E-state index contributed by atoms with van der Waals surface area (Å²) < 4.78 is 12.5. The maximum atomic E-state index is 5.51. The fraction of sp³-hybridized carbons (Fsp3) is 0.182. The van der Waals surface area contributed by atoms with Crippen LogP contribution in [0, 0.1) is 11.7 Å². The second-order valence-corrected chi connectivity index (χ2v) is 4.20. The van der Waals surface area contributed by atoms with E-state index < -0.39 is 0 Å². The Balaban J connectivity index is 2.10. The number of ether oxygens (including phenoxy) is 1. The van der Waals surface area contributed by atoms with Crippen molar-refractivity contribution in [1.82, 2.24) is 19.8 Å². The van der Waals surface area contributed by atoms with Crippen molar-refractivity contribution in [2.45, 2.75) is 6.92 Å². The predicted octanol–water partition coefficient (Wildman–Crippen LogP) is 2.36. The second kappa shape index (κ2) is 3.95. The van der Waals surface area contributed by atoms with Gasteiger partial charge >= 0.3 is 5.84 Å². The standard InChI is InChI=1S/C11H10N4O2S/c1-6-5-7(3-4-8(6)16-2)9-13-15-11(17-9)12-10(18)14-15/h3-5H,1-2H3,(H,14,18). The van der Waals surface area contributed by atoms with Gasteiger partial charge in [0.25, 0.3) is 0 Å². The summed E-state index contributed by atoms with van der Waals surface area (Å²) in [5.41, 5.74) is 1.87. The molecule has 0 amide bonds. The molecule has 3 rings (SSSR count). The maximum absolute atomic E-state index is 5.51. The molecular formula is C11H10N4O2S. The van der Waals surface area contributed by atoms with E-state index in [1.165, 1.54) is 4.63 Å². The van der Waals surface area contributed by atoms with E-state index in [-0.39, 0.29) is 0 Å². The fourth-order valence-electron chi connectivity index (χ4n) is 1.76. The molecule has 1 N–H and O–H groups in total. The summed E-state index contributed by atoms with van der Waals surface area (Å²) in [6, 6.07) is 5.70. The number of nitrogens with zero attached hydrogens (tertiary/aromatic N) is 3. The number of H-pyrrole nitrogens is 1. The molecule has 0 atom stereocenters. The Morgan fingerprint density at radius 2 is 2.28 bits per heavy atom. The lowest BCUT2D eigenvalue weighted by atomic mass is 10.1. The molecule has 6 nitrogen and oxygen atoms in total. The van der Waals surface area contributed by atoms with Crippen molar-refractivity contribution in [2.75, 3.05) is 7.11 Å². The lowest BCUT2D eigenvalue weighted by Crippen LogP contribution is -1.89. The zero-order valence-corrected chi connectivity index (χ0v) is 10.6. The average molecular weight is 262 g/mol. The van der Waals surface area contributed by atoms with Crippen molar-refractivity contribution in [1.29, 1.82) is 0 Å². The molecule has 0 aliphatic heterocycles. The van der Waals surface area contributed by atoms with Gasteiger partial charge in [-0.3, -0.25) is 0 Å². The van der Waals surface area contributed by atoms with Gasteiger partial charge in [0.1, 0.15) is 5.75 Å². The Hall–Kier alpha value is -2.15. The van der Waals surface area contributed by atoms with E-state index in [0.29, 0.717) is 16.5 Å². The van der Waals surface area contributed by atoms with Crippen LogP contribution in [0.5, 0.6) is 5.75 Å². The summed E-state index contributed by atoms with van der Waals surface area (Å²) >= 11 is 4.88. The molecule has 0 spiro atoms. The van der Waals surface area contributed by atoms with Gasteiger partial charge in [0.15, 0.2) is 0 Å². The lowest BCUT2D eigenvalue weighted by molar-refractivity contribution is 0.411. The molecule has 7 heteroatoms. The molecular weight excluding hydrogens is 252 g/mol. The SMILES string of the molecule is COc1ccc(-c2nn3[nH]c(=S)nc3o2)cc1C. The highest BCUT2D eigenvalue weighted by Gasteiger charge is 2.11. The monoisotopic (exact) mass is 262 g/mol. The molecule has 2 heterocycles. The van der Waals surface area contributed by atoms with Gasteiger partial charge in [-0.15, -0.1) is 9.73 Å². The highest BCUT2D eigenvalue weighted by molar-refractivity contribution is 7.71. The van der Waals surface area contributed by atoms with Crippen molar-refractivity contribution in [3.8, 4) is 17.2 Å². The third-order valence-corrected chi connectivity index (χ3v) is 2.78. The summed E-state index contributed by atoms with van der Waals surface area (Å²) in [7, 11) is 1.64. The van der Waals surface area contributed by atoms with Crippen LogP contribution in [0.3, 0.4) is 0 Å². The molecule has 3 aromatic rings. The first-order valence-electron chi connectivity index (χ1n) is 5.28. The van der Waals surface area contributed by atoms with Crippen LogP contribution in [0.2, 0.25) is 0 Å². The highest BCUT2D eigenvalue weighted by atomic mass is 32.1. The van der Waals surface area contributed by atoms with Gasteiger partial charge < -0.3 is 9.15 Å². The molecule has 0 aliphatic carbocycles. The summed E-state index contributed by atoms with van der Waals surface area (Å²) in [6.07, 6.45) is 0. The number of hydrogen-bond donors (Lipinski definition) is 1. The maximum Gasteiger partial charge on any atom is 0.343 e. The van der Waals surface area contributed by atoms with Crippen molar-refractivity contribution in [2.24, 2.45) is 0 Å². The van der Waals surface area contributed by atoms with Crippen LogP contribution in [-0.4, -0.2) is 26.9 Å². The van der Waals surface area contributed by atoms with Crippen LogP contribution in [-0.2, 0) is 0 Å². The van der Waals surface area contributed by atoms with E-state index in [1.54, 1.807) is 7.11 Å². The number of aromatic amines is 1. The Bertz CT molecular complexity index is 736. The summed E-state index contributed by atoms with van der Waals surface area (Å²) in [6.45, 7) is 1.96. The third kappa shape index (κ3) is 1.68. The molecule has 0 aliphatic rings.